The van der Waals surface area contributed by atoms with Crippen LogP contribution >= 0.6 is 0 Å². The zero-order valence-corrected chi connectivity index (χ0v) is 13.3. The van der Waals surface area contributed by atoms with E-state index >= 15 is 0 Å². The minimum Gasteiger partial charge on any atom is -0.393 e. The Kier molecular flexibility index (Phi) is 12.0. The molecular weight excluding hydrogens is 220 g/mol. The van der Waals surface area contributed by atoms with Crippen LogP contribution in [0.25, 0.3) is 0 Å². The summed E-state index contributed by atoms with van der Waals surface area (Å²) in [5.41, 5.74) is 0. The van der Waals surface area contributed by atoms with Crippen molar-refractivity contribution in [2.45, 2.75) is 98.0 Å². The maximum absolute atomic E-state index is 9.43. The number of hydrogen-bond acceptors (Lipinski definition) is 1. The summed E-state index contributed by atoms with van der Waals surface area (Å²) in [6.45, 7) is 8.73. The van der Waals surface area contributed by atoms with E-state index in [9.17, 15) is 5.11 Å². The normalized spacial score (nSPS) is 16.5. The molecule has 0 saturated carbocycles. The van der Waals surface area contributed by atoms with E-state index in [1.807, 2.05) is 6.92 Å². The molecule has 0 saturated heterocycles. The first kappa shape index (κ1) is 18.0. The molecule has 0 aromatic rings. The lowest BCUT2D eigenvalue weighted by molar-refractivity contribution is 0.127. The Balaban J connectivity index is 3.29. The van der Waals surface area contributed by atoms with Crippen LogP contribution in [0.4, 0.5) is 0 Å². The zero-order chi connectivity index (χ0) is 13.8. The van der Waals surface area contributed by atoms with Crippen molar-refractivity contribution in [3.05, 3.63) is 0 Å². The largest absolute Gasteiger partial charge is 0.393 e. The summed E-state index contributed by atoms with van der Waals surface area (Å²) in [7, 11) is 0. The van der Waals surface area contributed by atoms with Crippen LogP contribution in [0.15, 0.2) is 0 Å². The van der Waals surface area contributed by atoms with E-state index in [0.717, 1.165) is 5.92 Å². The molecule has 0 aromatic carbocycles. The summed E-state index contributed by atoms with van der Waals surface area (Å²) in [6.07, 6.45) is 13.5. The van der Waals surface area contributed by atoms with Crippen molar-refractivity contribution in [2.24, 2.45) is 11.8 Å². The van der Waals surface area contributed by atoms with Gasteiger partial charge < -0.3 is 5.11 Å². The Hall–Kier alpha value is -0.0400. The van der Waals surface area contributed by atoms with Crippen molar-refractivity contribution >= 4 is 0 Å². The third-order valence-electron chi connectivity index (χ3n) is 4.23. The van der Waals surface area contributed by atoms with Crippen molar-refractivity contribution in [1.82, 2.24) is 0 Å². The highest BCUT2D eigenvalue weighted by Crippen LogP contribution is 2.19. The van der Waals surface area contributed by atoms with Crippen LogP contribution in [0.5, 0.6) is 0 Å². The van der Waals surface area contributed by atoms with Gasteiger partial charge >= 0.3 is 0 Å². The van der Waals surface area contributed by atoms with E-state index in [2.05, 4.69) is 20.8 Å². The second-order valence-electron chi connectivity index (χ2n) is 6.31. The molecule has 1 nitrogen and oxygen atoms in total. The summed E-state index contributed by atoms with van der Waals surface area (Å²) in [5, 5.41) is 9.43. The third-order valence-corrected chi connectivity index (χ3v) is 4.23. The van der Waals surface area contributed by atoms with Gasteiger partial charge in [0.2, 0.25) is 0 Å². The number of aliphatic hydroxyl groups is 1. The quantitative estimate of drug-likeness (QED) is 0.453. The maximum Gasteiger partial charge on any atom is 0.0537 e. The third kappa shape index (κ3) is 11.1. The molecule has 3 atom stereocenters. The summed E-state index contributed by atoms with van der Waals surface area (Å²) < 4.78 is 0. The van der Waals surface area contributed by atoms with Gasteiger partial charge in [-0.05, 0) is 25.2 Å². The molecule has 1 unspecified atom stereocenters. The predicted molar refractivity (Wildman–Crippen MR) is 81.9 cm³/mol. The SMILES string of the molecule is CCCCCCCCC(C)CCC[C@@H](C)[C@@H](C)O. The fourth-order valence-corrected chi connectivity index (χ4v) is 2.45. The first-order chi connectivity index (χ1) is 8.57. The van der Waals surface area contributed by atoms with Gasteiger partial charge in [-0.3, -0.25) is 0 Å². The number of unbranched alkanes of at least 4 members (excludes halogenated alkanes) is 5. The van der Waals surface area contributed by atoms with Gasteiger partial charge in [0.05, 0.1) is 6.10 Å². The molecule has 0 aliphatic rings. The molecule has 0 spiro atoms. The van der Waals surface area contributed by atoms with E-state index in [0.29, 0.717) is 5.92 Å². The highest BCUT2D eigenvalue weighted by Gasteiger charge is 2.09. The van der Waals surface area contributed by atoms with Crippen LogP contribution < -0.4 is 0 Å². The second-order valence-corrected chi connectivity index (χ2v) is 6.31. The van der Waals surface area contributed by atoms with Gasteiger partial charge in [0, 0.05) is 0 Å². The summed E-state index contributed by atoms with van der Waals surface area (Å²) in [6, 6.07) is 0. The van der Waals surface area contributed by atoms with Gasteiger partial charge in [0.25, 0.3) is 0 Å². The Bertz CT molecular complexity index is 165. The monoisotopic (exact) mass is 256 g/mol. The van der Waals surface area contributed by atoms with Crippen molar-refractivity contribution < 1.29 is 5.11 Å². The molecule has 0 aliphatic carbocycles. The topological polar surface area (TPSA) is 20.2 Å². The Morgan fingerprint density at radius 2 is 1.28 bits per heavy atom. The molecule has 0 aromatic heterocycles. The second kappa shape index (κ2) is 12.0. The fraction of sp³-hybridized carbons (Fsp3) is 1.00. The van der Waals surface area contributed by atoms with E-state index in [1.165, 1.54) is 64.2 Å². The standard InChI is InChI=1S/C17H36O/c1-5-6-7-8-9-10-12-15(2)13-11-14-16(3)17(4)18/h15-18H,5-14H2,1-4H3/t15?,16-,17-/m1/s1. The summed E-state index contributed by atoms with van der Waals surface area (Å²) in [4.78, 5) is 0. The molecule has 110 valence electrons. The summed E-state index contributed by atoms with van der Waals surface area (Å²) in [5.74, 6) is 1.34. The van der Waals surface area contributed by atoms with Crippen LogP contribution in [0.1, 0.15) is 91.9 Å². The first-order valence-electron chi connectivity index (χ1n) is 8.26. The summed E-state index contributed by atoms with van der Waals surface area (Å²) >= 11 is 0. The number of rotatable bonds is 12. The molecule has 1 N–H and O–H groups in total. The zero-order valence-electron chi connectivity index (χ0n) is 13.3. The number of hydrogen-bond donors (Lipinski definition) is 1. The lowest BCUT2D eigenvalue weighted by Crippen LogP contribution is -2.13. The van der Waals surface area contributed by atoms with Gasteiger partial charge in [-0.25, -0.2) is 0 Å². The van der Waals surface area contributed by atoms with Gasteiger partial charge in [-0.1, -0.05) is 78.6 Å². The van der Waals surface area contributed by atoms with Gasteiger partial charge in [-0.2, -0.15) is 0 Å². The van der Waals surface area contributed by atoms with Crippen molar-refractivity contribution in [2.75, 3.05) is 0 Å². The van der Waals surface area contributed by atoms with Gasteiger partial charge in [0.15, 0.2) is 0 Å². The molecular formula is C17H36O. The molecule has 1 heteroatoms. The van der Waals surface area contributed by atoms with Gasteiger partial charge in [0.1, 0.15) is 0 Å². The maximum atomic E-state index is 9.43. The minimum absolute atomic E-state index is 0.140. The van der Waals surface area contributed by atoms with Crippen molar-refractivity contribution in [3.8, 4) is 0 Å². The van der Waals surface area contributed by atoms with Crippen LogP contribution in [0.3, 0.4) is 0 Å². The van der Waals surface area contributed by atoms with E-state index in [4.69, 9.17) is 0 Å². The molecule has 0 rings (SSSR count). The van der Waals surface area contributed by atoms with E-state index in [1.54, 1.807) is 0 Å². The molecule has 0 amide bonds. The molecule has 0 heterocycles. The van der Waals surface area contributed by atoms with E-state index < -0.39 is 0 Å². The average Bonchev–Trinajstić information content (AvgIpc) is 2.33. The molecule has 0 bridgehead atoms. The Labute approximate surface area is 115 Å². The highest BCUT2D eigenvalue weighted by atomic mass is 16.3. The lowest BCUT2D eigenvalue weighted by atomic mass is 9.93. The van der Waals surface area contributed by atoms with Gasteiger partial charge in [-0.15, -0.1) is 0 Å². The van der Waals surface area contributed by atoms with E-state index in [-0.39, 0.29) is 6.10 Å². The highest BCUT2D eigenvalue weighted by molar-refractivity contribution is 4.61. The minimum atomic E-state index is -0.140. The fourth-order valence-electron chi connectivity index (χ4n) is 2.45. The Morgan fingerprint density at radius 1 is 0.722 bits per heavy atom. The van der Waals surface area contributed by atoms with Crippen molar-refractivity contribution in [3.63, 3.8) is 0 Å². The lowest BCUT2D eigenvalue weighted by Gasteiger charge is -2.16. The number of aliphatic hydroxyl groups excluding tert-OH is 1. The molecule has 0 fully saturated rings. The van der Waals surface area contributed by atoms with Crippen LogP contribution in [0, 0.1) is 11.8 Å². The smallest absolute Gasteiger partial charge is 0.0537 e. The average molecular weight is 256 g/mol. The molecule has 0 aliphatic heterocycles. The van der Waals surface area contributed by atoms with Crippen LogP contribution in [0.2, 0.25) is 0 Å². The van der Waals surface area contributed by atoms with Crippen molar-refractivity contribution in [1.29, 1.82) is 0 Å². The molecule has 0 radical (unpaired) electrons. The first-order valence-corrected chi connectivity index (χ1v) is 8.26. The Morgan fingerprint density at radius 3 is 1.89 bits per heavy atom. The van der Waals surface area contributed by atoms with Crippen LogP contribution in [-0.2, 0) is 0 Å². The van der Waals surface area contributed by atoms with Crippen LogP contribution in [-0.4, -0.2) is 11.2 Å². The molecule has 18 heavy (non-hydrogen) atoms. The predicted octanol–water partition coefficient (Wildman–Crippen LogP) is 5.56.